The molecule has 0 saturated heterocycles. The van der Waals surface area contributed by atoms with Gasteiger partial charge in [-0.3, -0.25) is 0 Å². The van der Waals surface area contributed by atoms with Gasteiger partial charge in [-0.15, -0.1) is 0 Å². The summed E-state index contributed by atoms with van der Waals surface area (Å²) in [5.41, 5.74) is 1.28. The third-order valence-corrected chi connectivity index (χ3v) is 3.38. The Bertz CT molecular complexity index is 354. The van der Waals surface area contributed by atoms with Crippen LogP contribution in [0.4, 0.5) is 0 Å². The molecule has 0 radical (unpaired) electrons. The Morgan fingerprint density at radius 1 is 1.21 bits per heavy atom. The topological polar surface area (TPSA) is 30.5 Å². The van der Waals surface area contributed by atoms with Gasteiger partial charge < -0.3 is 14.8 Å². The van der Waals surface area contributed by atoms with Crippen molar-refractivity contribution in [1.29, 1.82) is 0 Å². The fourth-order valence-electron chi connectivity index (χ4n) is 1.90. The summed E-state index contributed by atoms with van der Waals surface area (Å²) in [7, 11) is 0. The molecule has 3 nitrogen and oxygen atoms in total. The van der Waals surface area contributed by atoms with Gasteiger partial charge in [0.15, 0.2) is 6.29 Å². The monoisotopic (exact) mass is 329 g/mol. The molecule has 0 bridgehead atoms. The molecule has 0 saturated carbocycles. The highest BCUT2D eigenvalue weighted by molar-refractivity contribution is 9.10. The van der Waals surface area contributed by atoms with Crippen molar-refractivity contribution >= 4 is 15.9 Å². The highest BCUT2D eigenvalue weighted by Gasteiger charge is 2.09. The molecule has 1 rings (SSSR count). The molecule has 1 aromatic carbocycles. The predicted molar refractivity (Wildman–Crippen MR) is 82.2 cm³/mol. The molecule has 0 heterocycles. The zero-order valence-corrected chi connectivity index (χ0v) is 13.6. The van der Waals surface area contributed by atoms with E-state index in [4.69, 9.17) is 9.47 Å². The second-order valence-corrected chi connectivity index (χ2v) is 5.28. The number of halogens is 1. The second kappa shape index (κ2) is 9.48. The first-order chi connectivity index (χ1) is 9.17. The highest BCUT2D eigenvalue weighted by Crippen LogP contribution is 2.17. The average molecular weight is 330 g/mol. The SMILES string of the molecule is CCOC(CCN[C@H](C)c1cccc(Br)c1)OCC. The van der Waals surface area contributed by atoms with E-state index in [1.165, 1.54) is 5.56 Å². The van der Waals surface area contributed by atoms with Gasteiger partial charge in [-0.1, -0.05) is 28.1 Å². The zero-order chi connectivity index (χ0) is 14.1. The maximum atomic E-state index is 5.52. The molecule has 0 fully saturated rings. The van der Waals surface area contributed by atoms with Crippen LogP contribution >= 0.6 is 15.9 Å². The molecule has 1 N–H and O–H groups in total. The molecular formula is C15H24BrNO2. The van der Waals surface area contributed by atoms with Crippen molar-refractivity contribution in [3.63, 3.8) is 0 Å². The smallest absolute Gasteiger partial charge is 0.158 e. The summed E-state index contributed by atoms with van der Waals surface area (Å²) < 4.78 is 12.1. The normalized spacial score (nSPS) is 12.9. The van der Waals surface area contributed by atoms with Crippen LogP contribution in [0.25, 0.3) is 0 Å². The summed E-state index contributed by atoms with van der Waals surface area (Å²) in [5, 5.41) is 3.49. The molecule has 108 valence electrons. The predicted octanol–water partition coefficient (Wildman–Crippen LogP) is 3.89. The Morgan fingerprint density at radius 3 is 2.47 bits per heavy atom. The minimum absolute atomic E-state index is 0.0998. The number of hydrogen-bond acceptors (Lipinski definition) is 3. The molecule has 1 atom stereocenters. The number of hydrogen-bond donors (Lipinski definition) is 1. The van der Waals surface area contributed by atoms with Crippen LogP contribution in [0.1, 0.15) is 38.8 Å². The van der Waals surface area contributed by atoms with Crippen LogP contribution in [0.3, 0.4) is 0 Å². The van der Waals surface area contributed by atoms with E-state index in [9.17, 15) is 0 Å². The zero-order valence-electron chi connectivity index (χ0n) is 12.0. The van der Waals surface area contributed by atoms with E-state index in [1.807, 2.05) is 19.9 Å². The highest BCUT2D eigenvalue weighted by atomic mass is 79.9. The summed E-state index contributed by atoms with van der Waals surface area (Å²) >= 11 is 3.50. The average Bonchev–Trinajstić information content (AvgIpc) is 2.39. The Hall–Kier alpha value is -0.420. The number of nitrogens with one attached hydrogen (secondary N) is 1. The Labute approximate surface area is 124 Å². The maximum Gasteiger partial charge on any atom is 0.158 e. The molecule has 0 unspecified atom stereocenters. The number of rotatable bonds is 9. The van der Waals surface area contributed by atoms with Crippen molar-refractivity contribution in [2.45, 2.75) is 39.5 Å². The van der Waals surface area contributed by atoms with Gasteiger partial charge in [0.25, 0.3) is 0 Å². The number of benzene rings is 1. The maximum absolute atomic E-state index is 5.52. The first-order valence-electron chi connectivity index (χ1n) is 6.89. The second-order valence-electron chi connectivity index (χ2n) is 4.36. The van der Waals surface area contributed by atoms with Gasteiger partial charge in [0.05, 0.1) is 0 Å². The van der Waals surface area contributed by atoms with Gasteiger partial charge in [0, 0.05) is 36.7 Å². The summed E-state index contributed by atoms with van der Waals surface area (Å²) in [5.74, 6) is 0. The van der Waals surface area contributed by atoms with E-state index >= 15 is 0 Å². The van der Waals surface area contributed by atoms with Crippen molar-refractivity contribution in [1.82, 2.24) is 5.32 Å². The minimum atomic E-state index is -0.0998. The Morgan fingerprint density at radius 2 is 1.89 bits per heavy atom. The van der Waals surface area contributed by atoms with E-state index in [0.29, 0.717) is 19.3 Å². The van der Waals surface area contributed by atoms with Crippen molar-refractivity contribution in [2.24, 2.45) is 0 Å². The number of ether oxygens (including phenoxy) is 2. The molecule has 4 heteroatoms. The van der Waals surface area contributed by atoms with E-state index < -0.39 is 0 Å². The fraction of sp³-hybridized carbons (Fsp3) is 0.600. The van der Waals surface area contributed by atoms with Crippen molar-refractivity contribution < 1.29 is 9.47 Å². The van der Waals surface area contributed by atoms with Gasteiger partial charge in [0.1, 0.15) is 0 Å². The lowest BCUT2D eigenvalue weighted by Crippen LogP contribution is -2.26. The Kier molecular flexibility index (Phi) is 8.30. The van der Waals surface area contributed by atoms with Crippen LogP contribution in [0.5, 0.6) is 0 Å². The third kappa shape index (κ3) is 6.52. The van der Waals surface area contributed by atoms with Gasteiger partial charge in [-0.25, -0.2) is 0 Å². The molecule has 0 aliphatic rings. The van der Waals surface area contributed by atoms with E-state index in [2.05, 4.69) is 46.4 Å². The molecule has 0 spiro atoms. The fourth-order valence-corrected chi connectivity index (χ4v) is 2.31. The molecule has 0 aliphatic heterocycles. The molecular weight excluding hydrogens is 306 g/mol. The van der Waals surface area contributed by atoms with Gasteiger partial charge >= 0.3 is 0 Å². The van der Waals surface area contributed by atoms with E-state index in [1.54, 1.807) is 0 Å². The van der Waals surface area contributed by atoms with Crippen molar-refractivity contribution in [3.8, 4) is 0 Å². The lowest BCUT2D eigenvalue weighted by Gasteiger charge is -2.19. The molecule has 0 amide bonds. The lowest BCUT2D eigenvalue weighted by molar-refractivity contribution is -0.138. The van der Waals surface area contributed by atoms with Crippen molar-refractivity contribution in [3.05, 3.63) is 34.3 Å². The summed E-state index contributed by atoms with van der Waals surface area (Å²) in [6.07, 6.45) is 0.761. The summed E-state index contributed by atoms with van der Waals surface area (Å²) in [4.78, 5) is 0. The van der Waals surface area contributed by atoms with Crippen LogP contribution < -0.4 is 5.32 Å². The van der Waals surface area contributed by atoms with E-state index in [0.717, 1.165) is 17.4 Å². The standard InChI is InChI=1S/C15H24BrNO2/c1-4-18-15(19-5-2)9-10-17-12(3)13-7-6-8-14(16)11-13/h6-8,11-12,15,17H,4-5,9-10H2,1-3H3/t12-/m1/s1. The third-order valence-electron chi connectivity index (χ3n) is 2.88. The first kappa shape index (κ1) is 16.6. The van der Waals surface area contributed by atoms with Gasteiger partial charge in [0.2, 0.25) is 0 Å². The van der Waals surface area contributed by atoms with E-state index in [-0.39, 0.29) is 6.29 Å². The van der Waals surface area contributed by atoms with Crippen LogP contribution in [0.2, 0.25) is 0 Å². The van der Waals surface area contributed by atoms with Gasteiger partial charge in [-0.05, 0) is 38.5 Å². The minimum Gasteiger partial charge on any atom is -0.353 e. The first-order valence-corrected chi connectivity index (χ1v) is 7.68. The lowest BCUT2D eigenvalue weighted by atomic mass is 10.1. The molecule has 1 aromatic rings. The van der Waals surface area contributed by atoms with Crippen molar-refractivity contribution in [2.75, 3.05) is 19.8 Å². The molecule has 0 aromatic heterocycles. The van der Waals surface area contributed by atoms with Crippen LogP contribution in [0, 0.1) is 0 Å². The Balaban J connectivity index is 2.35. The van der Waals surface area contributed by atoms with Gasteiger partial charge in [-0.2, -0.15) is 0 Å². The largest absolute Gasteiger partial charge is 0.353 e. The molecule has 19 heavy (non-hydrogen) atoms. The quantitative estimate of drug-likeness (QED) is 0.697. The van der Waals surface area contributed by atoms with Crippen LogP contribution in [-0.2, 0) is 9.47 Å². The summed E-state index contributed by atoms with van der Waals surface area (Å²) in [6.45, 7) is 8.39. The molecule has 0 aliphatic carbocycles. The summed E-state index contributed by atoms with van der Waals surface area (Å²) in [6, 6.07) is 8.68. The van der Waals surface area contributed by atoms with Crippen LogP contribution in [0.15, 0.2) is 28.7 Å². The van der Waals surface area contributed by atoms with Crippen LogP contribution in [-0.4, -0.2) is 26.0 Å².